The molecule has 0 spiro atoms. The van der Waals surface area contributed by atoms with Crippen LogP contribution in [0.5, 0.6) is 0 Å². The number of para-hydroxylation sites is 1. The lowest BCUT2D eigenvalue weighted by Crippen LogP contribution is -2.37. The van der Waals surface area contributed by atoms with Gasteiger partial charge in [0.25, 0.3) is 11.7 Å². The molecule has 0 aliphatic carbocycles. The summed E-state index contributed by atoms with van der Waals surface area (Å²) in [6.07, 6.45) is 6.75. The van der Waals surface area contributed by atoms with Gasteiger partial charge in [-0.1, -0.05) is 31.5 Å². The van der Waals surface area contributed by atoms with E-state index in [0.29, 0.717) is 12.1 Å². The van der Waals surface area contributed by atoms with Crippen molar-refractivity contribution >= 4 is 28.5 Å². The van der Waals surface area contributed by atoms with Gasteiger partial charge >= 0.3 is 0 Å². The van der Waals surface area contributed by atoms with E-state index in [0.717, 1.165) is 49.7 Å². The number of nitrogens with zero attached hydrogens (tertiary/aromatic N) is 3. The molecule has 1 aromatic carbocycles. The van der Waals surface area contributed by atoms with Crippen molar-refractivity contribution in [1.82, 2.24) is 14.4 Å². The Kier molecular flexibility index (Phi) is 6.49. The Morgan fingerprint density at radius 3 is 2.50 bits per heavy atom. The summed E-state index contributed by atoms with van der Waals surface area (Å²) in [6.45, 7) is 4.39. The van der Waals surface area contributed by atoms with Crippen LogP contribution in [0.25, 0.3) is 10.9 Å². The molecule has 150 valence electrons. The predicted molar refractivity (Wildman–Crippen MR) is 109 cm³/mol. The number of likely N-dealkylation sites (N-methyl/N-ethyl adjacent to an activating group) is 1. The summed E-state index contributed by atoms with van der Waals surface area (Å²) in [6, 6.07) is 7.46. The fraction of sp³-hybridized carbons (Fsp3) is 0.500. The van der Waals surface area contributed by atoms with Crippen molar-refractivity contribution in [3.05, 3.63) is 36.0 Å². The first-order valence-electron chi connectivity index (χ1n) is 10.2. The van der Waals surface area contributed by atoms with E-state index >= 15 is 0 Å². The highest BCUT2D eigenvalue weighted by Crippen LogP contribution is 2.23. The van der Waals surface area contributed by atoms with Gasteiger partial charge in [-0.2, -0.15) is 0 Å². The standard InChI is InChI=1S/C22H29N3O3/c1-3-4-12-23(2)22(28)21(27)18-15-25(19-11-7-6-10-17(18)19)16-20(26)24-13-8-5-9-14-24/h6-7,10-11,15H,3-5,8-9,12-14,16H2,1-2H3. The quantitative estimate of drug-likeness (QED) is 0.545. The average Bonchev–Trinajstić information content (AvgIpc) is 3.10. The molecule has 6 nitrogen and oxygen atoms in total. The van der Waals surface area contributed by atoms with Crippen molar-refractivity contribution in [1.29, 1.82) is 0 Å². The van der Waals surface area contributed by atoms with E-state index in [2.05, 4.69) is 0 Å². The molecule has 6 heteroatoms. The van der Waals surface area contributed by atoms with E-state index in [1.165, 1.54) is 11.3 Å². The third-order valence-electron chi connectivity index (χ3n) is 5.44. The zero-order chi connectivity index (χ0) is 20.1. The summed E-state index contributed by atoms with van der Waals surface area (Å²) < 4.78 is 1.80. The van der Waals surface area contributed by atoms with E-state index < -0.39 is 11.7 Å². The molecule has 1 aromatic heterocycles. The summed E-state index contributed by atoms with van der Waals surface area (Å²) in [7, 11) is 1.66. The van der Waals surface area contributed by atoms with E-state index in [1.54, 1.807) is 17.8 Å². The third-order valence-corrected chi connectivity index (χ3v) is 5.44. The first kappa shape index (κ1) is 20.1. The molecule has 0 radical (unpaired) electrons. The lowest BCUT2D eigenvalue weighted by Gasteiger charge is -2.27. The van der Waals surface area contributed by atoms with Crippen molar-refractivity contribution in [3.63, 3.8) is 0 Å². The highest BCUT2D eigenvalue weighted by atomic mass is 16.2. The number of carbonyl (C=O) groups excluding carboxylic acids is 3. The minimum Gasteiger partial charge on any atom is -0.341 e. The lowest BCUT2D eigenvalue weighted by atomic mass is 10.1. The number of fused-ring (bicyclic) bond motifs is 1. The Bertz CT molecular complexity index is 865. The fourth-order valence-corrected chi connectivity index (χ4v) is 3.73. The molecule has 0 bridgehead atoms. The Morgan fingerprint density at radius 1 is 1.07 bits per heavy atom. The normalized spacial score (nSPS) is 14.3. The number of benzene rings is 1. The van der Waals surface area contributed by atoms with Crippen LogP contribution in [0.1, 0.15) is 49.4 Å². The van der Waals surface area contributed by atoms with Crippen LogP contribution in [0.3, 0.4) is 0 Å². The summed E-state index contributed by atoms with van der Waals surface area (Å²) in [5.41, 5.74) is 1.18. The minimum atomic E-state index is -0.515. The van der Waals surface area contributed by atoms with Gasteiger partial charge in [-0.3, -0.25) is 14.4 Å². The summed E-state index contributed by atoms with van der Waals surface area (Å²) in [4.78, 5) is 41.5. The van der Waals surface area contributed by atoms with Crippen LogP contribution in [-0.2, 0) is 16.1 Å². The molecule has 2 aromatic rings. The Morgan fingerprint density at radius 2 is 1.79 bits per heavy atom. The number of unbranched alkanes of at least 4 members (excludes halogenated alkanes) is 1. The predicted octanol–water partition coefficient (Wildman–Crippen LogP) is 3.10. The molecule has 0 atom stereocenters. The van der Waals surface area contributed by atoms with Gasteiger partial charge in [-0.05, 0) is 31.7 Å². The van der Waals surface area contributed by atoms with E-state index in [9.17, 15) is 14.4 Å². The minimum absolute atomic E-state index is 0.0610. The SMILES string of the molecule is CCCCN(C)C(=O)C(=O)c1cn(CC(=O)N2CCCCC2)c2ccccc12. The molecule has 2 amide bonds. The van der Waals surface area contributed by atoms with Crippen LogP contribution < -0.4 is 0 Å². The van der Waals surface area contributed by atoms with Crippen LogP contribution in [-0.4, -0.2) is 58.6 Å². The number of likely N-dealkylation sites (tertiary alicyclic amines) is 1. The number of carbonyl (C=O) groups is 3. The van der Waals surface area contributed by atoms with Gasteiger partial charge in [0.15, 0.2) is 0 Å². The van der Waals surface area contributed by atoms with Gasteiger partial charge in [0.05, 0.1) is 5.56 Å². The van der Waals surface area contributed by atoms with Crippen molar-refractivity contribution in [2.75, 3.05) is 26.7 Å². The molecule has 0 saturated carbocycles. The van der Waals surface area contributed by atoms with E-state index in [1.807, 2.05) is 36.1 Å². The molecule has 2 heterocycles. The molecule has 1 aliphatic rings. The van der Waals surface area contributed by atoms with Gasteiger partial charge in [0.1, 0.15) is 6.54 Å². The Balaban J connectivity index is 1.85. The van der Waals surface area contributed by atoms with Gasteiger partial charge < -0.3 is 14.4 Å². The number of rotatable bonds is 7. The largest absolute Gasteiger partial charge is 0.341 e. The summed E-state index contributed by atoms with van der Waals surface area (Å²) in [5.74, 6) is -0.955. The van der Waals surface area contributed by atoms with Crippen molar-refractivity contribution in [2.45, 2.75) is 45.6 Å². The molecule has 1 saturated heterocycles. The lowest BCUT2D eigenvalue weighted by molar-refractivity contribution is -0.132. The van der Waals surface area contributed by atoms with Crippen molar-refractivity contribution < 1.29 is 14.4 Å². The van der Waals surface area contributed by atoms with Crippen LogP contribution >= 0.6 is 0 Å². The topological polar surface area (TPSA) is 62.6 Å². The molecular formula is C22H29N3O3. The summed E-state index contributed by atoms with van der Waals surface area (Å²) >= 11 is 0. The molecule has 28 heavy (non-hydrogen) atoms. The van der Waals surface area contributed by atoms with Crippen LogP contribution in [0, 0.1) is 0 Å². The average molecular weight is 383 g/mol. The maximum atomic E-state index is 12.9. The summed E-state index contributed by atoms with van der Waals surface area (Å²) in [5, 5.41) is 0.719. The van der Waals surface area contributed by atoms with Gasteiger partial charge in [0, 0.05) is 43.8 Å². The zero-order valence-corrected chi connectivity index (χ0v) is 16.8. The van der Waals surface area contributed by atoms with Gasteiger partial charge in [0.2, 0.25) is 5.91 Å². The number of piperidine rings is 1. The van der Waals surface area contributed by atoms with Crippen molar-refractivity contribution in [2.24, 2.45) is 0 Å². The highest BCUT2D eigenvalue weighted by Gasteiger charge is 2.25. The Labute approximate surface area is 166 Å². The molecular weight excluding hydrogens is 354 g/mol. The molecule has 0 N–H and O–H groups in total. The number of aromatic nitrogens is 1. The molecule has 3 rings (SSSR count). The second-order valence-electron chi connectivity index (χ2n) is 7.54. The van der Waals surface area contributed by atoms with Gasteiger partial charge in [-0.15, -0.1) is 0 Å². The number of hydrogen-bond acceptors (Lipinski definition) is 3. The highest BCUT2D eigenvalue weighted by molar-refractivity contribution is 6.44. The van der Waals surface area contributed by atoms with Crippen molar-refractivity contribution in [3.8, 4) is 0 Å². The second-order valence-corrected chi connectivity index (χ2v) is 7.54. The van der Waals surface area contributed by atoms with E-state index in [4.69, 9.17) is 0 Å². The molecule has 1 fully saturated rings. The maximum Gasteiger partial charge on any atom is 0.294 e. The third kappa shape index (κ3) is 4.26. The number of ketones is 1. The number of hydrogen-bond donors (Lipinski definition) is 0. The zero-order valence-electron chi connectivity index (χ0n) is 16.8. The Hall–Kier alpha value is -2.63. The van der Waals surface area contributed by atoms with Crippen LogP contribution in [0.2, 0.25) is 0 Å². The maximum absolute atomic E-state index is 12.9. The second kappa shape index (κ2) is 9.04. The molecule has 1 aliphatic heterocycles. The number of amides is 2. The van der Waals surface area contributed by atoms with Crippen LogP contribution in [0.15, 0.2) is 30.5 Å². The smallest absolute Gasteiger partial charge is 0.294 e. The molecule has 0 unspecified atom stereocenters. The monoisotopic (exact) mass is 383 g/mol. The first-order chi connectivity index (χ1) is 13.5. The van der Waals surface area contributed by atoms with Gasteiger partial charge in [-0.25, -0.2) is 0 Å². The fourth-order valence-electron chi connectivity index (χ4n) is 3.73. The number of Topliss-reactive ketones (excluding diaryl/α,β-unsaturated/α-hetero) is 1. The first-order valence-corrected chi connectivity index (χ1v) is 10.2. The van der Waals surface area contributed by atoms with Crippen LogP contribution in [0.4, 0.5) is 0 Å². The van der Waals surface area contributed by atoms with E-state index in [-0.39, 0.29) is 12.5 Å².